The Hall–Kier alpha value is -1.66. The maximum Gasteiger partial charge on any atom is 0.234 e. The van der Waals surface area contributed by atoms with E-state index in [9.17, 15) is 13.2 Å². The third-order valence-corrected chi connectivity index (χ3v) is 4.00. The number of carbonyl (C=O) groups excluding carboxylic acids is 1. The summed E-state index contributed by atoms with van der Waals surface area (Å²) >= 11 is 0. The Labute approximate surface area is 112 Å². The molecule has 1 atom stereocenters. The van der Waals surface area contributed by atoms with E-state index in [0.29, 0.717) is 11.3 Å². The van der Waals surface area contributed by atoms with Crippen molar-refractivity contribution in [2.45, 2.75) is 23.8 Å². The van der Waals surface area contributed by atoms with Gasteiger partial charge in [-0.2, -0.15) is 0 Å². The molecule has 1 aromatic carbocycles. The first-order valence-corrected chi connectivity index (χ1v) is 7.87. The molecule has 2 rings (SSSR count). The first-order valence-electron chi connectivity index (χ1n) is 5.98. The van der Waals surface area contributed by atoms with E-state index >= 15 is 0 Å². The third kappa shape index (κ3) is 3.90. The highest BCUT2D eigenvalue weighted by Crippen LogP contribution is 2.13. The molecule has 1 aliphatic heterocycles. The molecule has 102 valence electrons. The SMILES string of the molecule is CS(=O)(=O)c1cccc(/C=C/C2CCC(=O)NN2)c1. The van der Waals surface area contributed by atoms with E-state index in [1.165, 1.54) is 6.26 Å². The zero-order chi connectivity index (χ0) is 13.9. The van der Waals surface area contributed by atoms with Gasteiger partial charge in [-0.15, -0.1) is 0 Å². The lowest BCUT2D eigenvalue weighted by Crippen LogP contribution is -2.48. The minimum atomic E-state index is -3.18. The second kappa shape index (κ2) is 5.54. The first-order chi connectivity index (χ1) is 8.95. The van der Waals surface area contributed by atoms with E-state index in [-0.39, 0.29) is 11.9 Å². The van der Waals surface area contributed by atoms with Crippen LogP contribution in [0, 0.1) is 0 Å². The predicted molar refractivity (Wildman–Crippen MR) is 72.9 cm³/mol. The van der Waals surface area contributed by atoms with Crippen LogP contribution in [-0.4, -0.2) is 26.6 Å². The van der Waals surface area contributed by atoms with Crippen molar-refractivity contribution in [2.24, 2.45) is 0 Å². The summed E-state index contributed by atoms with van der Waals surface area (Å²) in [5.74, 6) is -0.0104. The standard InChI is InChI=1S/C13H16N2O3S/c1-19(17,18)12-4-2-3-10(9-12)5-6-11-7-8-13(16)15-14-11/h2-6,9,11,14H,7-8H2,1H3,(H,15,16)/b6-5+. The van der Waals surface area contributed by atoms with E-state index in [0.717, 1.165) is 12.0 Å². The Bertz CT molecular complexity index is 598. The molecule has 1 amide bonds. The highest BCUT2D eigenvalue weighted by Gasteiger charge is 2.14. The van der Waals surface area contributed by atoms with Gasteiger partial charge in [-0.1, -0.05) is 24.3 Å². The summed E-state index contributed by atoms with van der Waals surface area (Å²) in [6.07, 6.45) is 6.18. The van der Waals surface area contributed by atoms with Gasteiger partial charge in [-0.3, -0.25) is 10.2 Å². The van der Waals surface area contributed by atoms with Gasteiger partial charge in [0.05, 0.1) is 4.90 Å². The number of rotatable bonds is 3. The molecule has 0 saturated carbocycles. The maximum atomic E-state index is 11.4. The third-order valence-electron chi connectivity index (χ3n) is 2.89. The molecule has 19 heavy (non-hydrogen) atoms. The molecule has 0 aromatic heterocycles. The van der Waals surface area contributed by atoms with Gasteiger partial charge in [0, 0.05) is 18.7 Å². The zero-order valence-electron chi connectivity index (χ0n) is 10.6. The van der Waals surface area contributed by atoms with Crippen LogP contribution in [-0.2, 0) is 14.6 Å². The Morgan fingerprint density at radius 1 is 1.37 bits per heavy atom. The fourth-order valence-electron chi connectivity index (χ4n) is 1.81. The lowest BCUT2D eigenvalue weighted by molar-refractivity contribution is -0.123. The van der Waals surface area contributed by atoms with Crippen LogP contribution in [0.2, 0.25) is 0 Å². The van der Waals surface area contributed by atoms with Crippen LogP contribution in [0.1, 0.15) is 18.4 Å². The van der Waals surface area contributed by atoms with Gasteiger partial charge in [0.25, 0.3) is 0 Å². The zero-order valence-corrected chi connectivity index (χ0v) is 11.4. The number of hydrazine groups is 1. The quantitative estimate of drug-likeness (QED) is 0.862. The molecule has 6 heteroatoms. The van der Waals surface area contributed by atoms with Crippen LogP contribution in [0.15, 0.2) is 35.2 Å². The number of benzene rings is 1. The van der Waals surface area contributed by atoms with Crippen LogP contribution >= 0.6 is 0 Å². The van der Waals surface area contributed by atoms with Crippen molar-refractivity contribution >= 4 is 21.8 Å². The molecule has 0 aliphatic carbocycles. The number of hydrogen-bond acceptors (Lipinski definition) is 4. The highest BCUT2D eigenvalue weighted by atomic mass is 32.2. The van der Waals surface area contributed by atoms with Crippen LogP contribution in [0.4, 0.5) is 0 Å². The summed E-state index contributed by atoms with van der Waals surface area (Å²) in [7, 11) is -3.18. The normalized spacial score (nSPS) is 20.5. The van der Waals surface area contributed by atoms with Crippen molar-refractivity contribution in [3.05, 3.63) is 35.9 Å². The molecule has 0 spiro atoms. The molecule has 1 unspecified atom stereocenters. The minimum absolute atomic E-state index is 0.0104. The van der Waals surface area contributed by atoms with E-state index in [4.69, 9.17) is 0 Å². The lowest BCUT2D eigenvalue weighted by atomic mass is 10.1. The molecule has 1 aliphatic rings. The number of hydrogen-bond donors (Lipinski definition) is 2. The molecule has 1 heterocycles. The number of amides is 1. The van der Waals surface area contributed by atoms with Gasteiger partial charge in [0.15, 0.2) is 9.84 Å². The summed E-state index contributed by atoms with van der Waals surface area (Å²) in [6, 6.07) is 6.83. The Morgan fingerprint density at radius 3 is 2.79 bits per heavy atom. The molecule has 0 radical (unpaired) electrons. The van der Waals surface area contributed by atoms with Crippen molar-refractivity contribution in [3.8, 4) is 0 Å². The monoisotopic (exact) mass is 280 g/mol. The van der Waals surface area contributed by atoms with Gasteiger partial charge < -0.3 is 0 Å². The largest absolute Gasteiger partial charge is 0.291 e. The topological polar surface area (TPSA) is 75.3 Å². The lowest BCUT2D eigenvalue weighted by Gasteiger charge is -2.20. The average Bonchev–Trinajstić information content (AvgIpc) is 2.37. The summed E-state index contributed by atoms with van der Waals surface area (Å²) in [5.41, 5.74) is 6.27. The average molecular weight is 280 g/mol. The molecule has 1 fully saturated rings. The van der Waals surface area contributed by atoms with Gasteiger partial charge >= 0.3 is 0 Å². The molecule has 0 bridgehead atoms. The second-order valence-electron chi connectivity index (χ2n) is 4.54. The van der Waals surface area contributed by atoms with E-state index in [1.54, 1.807) is 18.2 Å². The van der Waals surface area contributed by atoms with E-state index in [2.05, 4.69) is 10.9 Å². The summed E-state index contributed by atoms with van der Waals surface area (Å²) in [5, 5.41) is 0. The van der Waals surface area contributed by atoms with Crippen molar-refractivity contribution < 1.29 is 13.2 Å². The Balaban J connectivity index is 2.09. The van der Waals surface area contributed by atoms with Crippen molar-refractivity contribution in [2.75, 3.05) is 6.26 Å². The van der Waals surface area contributed by atoms with Gasteiger partial charge in [0.2, 0.25) is 5.91 Å². The first kappa shape index (κ1) is 13.8. The van der Waals surface area contributed by atoms with E-state index in [1.807, 2.05) is 18.2 Å². The smallest absolute Gasteiger partial charge is 0.234 e. The van der Waals surface area contributed by atoms with Gasteiger partial charge in [-0.25, -0.2) is 13.8 Å². The molecular formula is C13H16N2O3S. The predicted octanol–water partition coefficient (Wildman–Crippen LogP) is 0.886. The van der Waals surface area contributed by atoms with Gasteiger partial charge in [0.1, 0.15) is 0 Å². The number of sulfone groups is 1. The number of nitrogens with one attached hydrogen (secondary N) is 2. The minimum Gasteiger partial charge on any atom is -0.291 e. The molecule has 1 saturated heterocycles. The van der Waals surface area contributed by atoms with Crippen molar-refractivity contribution in [1.29, 1.82) is 0 Å². The van der Waals surface area contributed by atoms with E-state index < -0.39 is 9.84 Å². The fraction of sp³-hybridized carbons (Fsp3) is 0.308. The summed E-state index contributed by atoms with van der Waals surface area (Å²) in [4.78, 5) is 11.3. The fourth-order valence-corrected chi connectivity index (χ4v) is 2.49. The van der Waals surface area contributed by atoms with Crippen molar-refractivity contribution in [3.63, 3.8) is 0 Å². The highest BCUT2D eigenvalue weighted by molar-refractivity contribution is 7.90. The molecule has 2 N–H and O–H groups in total. The van der Waals surface area contributed by atoms with Crippen molar-refractivity contribution in [1.82, 2.24) is 10.9 Å². The second-order valence-corrected chi connectivity index (χ2v) is 6.56. The molecule has 5 nitrogen and oxygen atoms in total. The molecular weight excluding hydrogens is 264 g/mol. The summed E-state index contributed by atoms with van der Waals surface area (Å²) in [6.45, 7) is 0. The molecule has 1 aromatic rings. The Kier molecular flexibility index (Phi) is 4.01. The van der Waals surface area contributed by atoms with Crippen LogP contribution < -0.4 is 10.9 Å². The van der Waals surface area contributed by atoms with Crippen LogP contribution in [0.5, 0.6) is 0 Å². The number of carbonyl (C=O) groups is 1. The van der Waals surface area contributed by atoms with Crippen LogP contribution in [0.25, 0.3) is 6.08 Å². The Morgan fingerprint density at radius 2 is 2.16 bits per heavy atom. The van der Waals surface area contributed by atoms with Gasteiger partial charge in [-0.05, 0) is 24.1 Å². The van der Waals surface area contributed by atoms with Crippen LogP contribution in [0.3, 0.4) is 0 Å². The summed E-state index contributed by atoms with van der Waals surface area (Å²) < 4.78 is 22.9. The maximum absolute atomic E-state index is 11.4.